The van der Waals surface area contributed by atoms with Gasteiger partial charge in [0.25, 0.3) is 0 Å². The third-order valence-electron chi connectivity index (χ3n) is 3.53. The number of hydrogen-bond donors (Lipinski definition) is 0. The first-order chi connectivity index (χ1) is 7.85. The maximum absolute atomic E-state index is 5.62. The average Bonchev–Trinajstić information content (AvgIpc) is 2.68. The Hall–Kier alpha value is -0.0413. The van der Waals surface area contributed by atoms with Crippen LogP contribution in [0.3, 0.4) is 0 Å². The molecule has 5 heteroatoms. The average molecular weight is 346 g/mol. The van der Waals surface area contributed by atoms with Gasteiger partial charge in [-0.05, 0) is 0 Å². The van der Waals surface area contributed by atoms with Gasteiger partial charge in [0.15, 0.2) is 0 Å². The Bertz CT molecular complexity index is 314. The summed E-state index contributed by atoms with van der Waals surface area (Å²) < 4.78 is 13.4. The first kappa shape index (κ1) is 15.0. The van der Waals surface area contributed by atoms with Crippen molar-refractivity contribution in [3.63, 3.8) is 0 Å². The summed E-state index contributed by atoms with van der Waals surface area (Å²) in [5.74, 6) is 1.09. The molecule has 1 aromatic rings. The molecular formula is C12H25N3OSn. The summed E-state index contributed by atoms with van der Waals surface area (Å²) in [6.45, 7) is 2.29. The molecule has 0 radical (unpaired) electrons. The molecule has 0 aliphatic rings. The van der Waals surface area contributed by atoms with E-state index in [4.69, 9.17) is 4.42 Å². The molecule has 1 rings (SSSR count). The SMILES string of the molecule is C[CH](c1ccco1)[Sn]([N](C)C)([N](C)C)[N](C)C. The Kier molecular flexibility index (Phi) is 5.06. The predicted octanol–water partition coefficient (Wildman–Crippen LogP) is 1.55. The van der Waals surface area contributed by atoms with Gasteiger partial charge in [-0.15, -0.1) is 0 Å². The number of hydrogen-bond acceptors (Lipinski definition) is 4. The maximum atomic E-state index is 5.62. The van der Waals surface area contributed by atoms with Crippen LogP contribution in [-0.4, -0.2) is 70.8 Å². The Morgan fingerprint density at radius 2 is 1.47 bits per heavy atom. The number of nitrogens with zero attached hydrogens (tertiary/aromatic N) is 3. The van der Waals surface area contributed by atoms with Crippen molar-refractivity contribution in [3.05, 3.63) is 24.2 Å². The van der Waals surface area contributed by atoms with Crippen LogP contribution >= 0.6 is 0 Å². The Morgan fingerprint density at radius 1 is 1.00 bits per heavy atom. The molecule has 0 fully saturated rings. The number of rotatable bonds is 5. The molecule has 0 spiro atoms. The van der Waals surface area contributed by atoms with Crippen LogP contribution in [0.15, 0.2) is 22.8 Å². The Balaban J connectivity index is 3.22. The third kappa shape index (κ3) is 2.54. The fourth-order valence-corrected chi connectivity index (χ4v) is 18.1. The standard InChI is InChI=1S/C6H7O.3C2H6N.Sn/c1-2-6-4-3-5-7-6;3*1-3-2;/h2-5H,1H3;3*1-2H3;/q;3*-1;+3. The number of furan rings is 1. The molecule has 1 unspecified atom stereocenters. The van der Waals surface area contributed by atoms with E-state index < -0.39 is 19.2 Å². The van der Waals surface area contributed by atoms with Gasteiger partial charge in [-0.2, -0.15) is 0 Å². The van der Waals surface area contributed by atoms with Crippen molar-refractivity contribution in [3.8, 4) is 0 Å². The van der Waals surface area contributed by atoms with Crippen molar-refractivity contribution >= 4 is 19.2 Å². The molecule has 4 nitrogen and oxygen atoms in total. The molecule has 1 atom stereocenters. The van der Waals surface area contributed by atoms with Crippen molar-refractivity contribution < 1.29 is 4.42 Å². The van der Waals surface area contributed by atoms with Gasteiger partial charge in [0.05, 0.1) is 0 Å². The van der Waals surface area contributed by atoms with Gasteiger partial charge in [0.1, 0.15) is 0 Å². The van der Waals surface area contributed by atoms with E-state index in [1.807, 2.05) is 6.07 Å². The summed E-state index contributed by atoms with van der Waals surface area (Å²) >= 11 is -2.81. The molecule has 0 aromatic carbocycles. The quantitative estimate of drug-likeness (QED) is 0.755. The van der Waals surface area contributed by atoms with Crippen LogP contribution in [0.25, 0.3) is 0 Å². The van der Waals surface area contributed by atoms with Crippen molar-refractivity contribution in [1.29, 1.82) is 0 Å². The summed E-state index contributed by atoms with van der Waals surface area (Å²) in [5.41, 5.74) is 0. The molecule has 1 aromatic heterocycles. The minimum absolute atomic E-state index is 0.444. The molecule has 0 saturated carbocycles. The van der Waals surface area contributed by atoms with Gasteiger partial charge in [-0.3, -0.25) is 0 Å². The van der Waals surface area contributed by atoms with E-state index in [1.54, 1.807) is 6.26 Å². The van der Waals surface area contributed by atoms with Crippen molar-refractivity contribution in [1.82, 2.24) is 9.36 Å². The van der Waals surface area contributed by atoms with E-state index in [0.29, 0.717) is 3.93 Å². The van der Waals surface area contributed by atoms with Crippen LogP contribution in [0.1, 0.15) is 16.6 Å². The molecule has 0 saturated heterocycles. The van der Waals surface area contributed by atoms with Crippen LogP contribution in [0.4, 0.5) is 0 Å². The normalized spacial score (nSPS) is 14.9. The van der Waals surface area contributed by atoms with Crippen LogP contribution in [0, 0.1) is 0 Å². The van der Waals surface area contributed by atoms with Gasteiger partial charge >= 0.3 is 110 Å². The fraction of sp³-hybridized carbons (Fsp3) is 0.667. The van der Waals surface area contributed by atoms with Crippen LogP contribution in [-0.2, 0) is 0 Å². The molecule has 98 valence electrons. The second-order valence-corrected chi connectivity index (χ2v) is 19.2. The summed E-state index contributed by atoms with van der Waals surface area (Å²) in [6.07, 6.45) is 1.77. The first-order valence-electron chi connectivity index (χ1n) is 5.90. The zero-order valence-electron chi connectivity index (χ0n) is 12.1. The summed E-state index contributed by atoms with van der Waals surface area (Å²) in [7, 11) is 13.1. The second kappa shape index (κ2) is 5.73. The second-order valence-electron chi connectivity index (χ2n) is 5.11. The van der Waals surface area contributed by atoms with Crippen LogP contribution < -0.4 is 0 Å². The summed E-state index contributed by atoms with van der Waals surface area (Å²) in [5, 5.41) is 0. The van der Waals surface area contributed by atoms with E-state index in [2.05, 4.69) is 64.6 Å². The summed E-state index contributed by atoms with van der Waals surface area (Å²) in [6, 6.07) is 4.07. The fourth-order valence-electron chi connectivity index (χ4n) is 3.09. The van der Waals surface area contributed by atoms with Gasteiger partial charge < -0.3 is 0 Å². The molecule has 0 aliphatic carbocycles. The van der Waals surface area contributed by atoms with E-state index in [0.717, 1.165) is 5.76 Å². The zero-order valence-corrected chi connectivity index (χ0v) is 14.9. The molecule has 0 N–H and O–H groups in total. The van der Waals surface area contributed by atoms with E-state index >= 15 is 0 Å². The molecular weight excluding hydrogens is 321 g/mol. The van der Waals surface area contributed by atoms with Gasteiger partial charge in [-0.25, -0.2) is 0 Å². The topological polar surface area (TPSA) is 22.9 Å². The van der Waals surface area contributed by atoms with Crippen molar-refractivity contribution in [2.45, 2.75) is 10.9 Å². The van der Waals surface area contributed by atoms with Crippen molar-refractivity contribution in [2.24, 2.45) is 0 Å². The van der Waals surface area contributed by atoms with E-state index in [-0.39, 0.29) is 0 Å². The molecule has 0 amide bonds. The summed E-state index contributed by atoms with van der Waals surface area (Å²) in [4.78, 5) is 0. The minimum atomic E-state index is -2.81. The molecule has 0 bridgehead atoms. The molecule has 1 heterocycles. The van der Waals surface area contributed by atoms with Gasteiger partial charge in [0, 0.05) is 0 Å². The molecule has 17 heavy (non-hydrogen) atoms. The van der Waals surface area contributed by atoms with Crippen LogP contribution in [0.5, 0.6) is 0 Å². The van der Waals surface area contributed by atoms with Gasteiger partial charge in [-0.1, -0.05) is 0 Å². The monoisotopic (exact) mass is 347 g/mol. The third-order valence-corrected chi connectivity index (χ3v) is 18.9. The van der Waals surface area contributed by atoms with Crippen LogP contribution in [0.2, 0.25) is 0 Å². The Morgan fingerprint density at radius 3 is 1.76 bits per heavy atom. The van der Waals surface area contributed by atoms with E-state index in [1.165, 1.54) is 0 Å². The van der Waals surface area contributed by atoms with Gasteiger partial charge in [0.2, 0.25) is 0 Å². The zero-order chi connectivity index (χ0) is 13.2. The first-order valence-corrected chi connectivity index (χ1v) is 11.4. The predicted molar refractivity (Wildman–Crippen MR) is 73.9 cm³/mol. The van der Waals surface area contributed by atoms with Crippen molar-refractivity contribution in [2.75, 3.05) is 42.3 Å². The Labute approximate surface area is 110 Å². The molecule has 0 aliphatic heterocycles. The van der Waals surface area contributed by atoms with E-state index in [9.17, 15) is 0 Å².